The molecule has 0 aliphatic carbocycles. The van der Waals surface area contributed by atoms with E-state index in [9.17, 15) is 18.0 Å². The third kappa shape index (κ3) is 3.95. The normalized spacial score (nSPS) is 10.4. The van der Waals surface area contributed by atoms with Crippen molar-refractivity contribution >= 4 is 23.0 Å². The van der Waals surface area contributed by atoms with Crippen LogP contribution in [0.2, 0.25) is 0 Å². The predicted molar refractivity (Wildman–Crippen MR) is 88.2 cm³/mol. The van der Waals surface area contributed by atoms with Gasteiger partial charge >= 0.3 is 0 Å². The largest absolute Gasteiger partial charge is 0.355 e. The second kappa shape index (κ2) is 7.04. The van der Waals surface area contributed by atoms with Gasteiger partial charge in [0.05, 0.1) is 0 Å². The average molecular weight is 343 g/mol. The van der Waals surface area contributed by atoms with E-state index in [-0.39, 0.29) is 11.5 Å². The van der Waals surface area contributed by atoms with Crippen LogP contribution >= 0.6 is 0 Å². The maximum absolute atomic E-state index is 13.6. The Morgan fingerprint density at radius 2 is 1.56 bits per heavy atom. The maximum Gasteiger partial charge on any atom is 0.274 e. The smallest absolute Gasteiger partial charge is 0.274 e. The first-order chi connectivity index (χ1) is 12.0. The molecule has 0 radical (unpaired) electrons. The summed E-state index contributed by atoms with van der Waals surface area (Å²) >= 11 is 0. The first kappa shape index (κ1) is 16.5. The number of carbonyl (C=O) groups excluding carboxylic acids is 1. The SMILES string of the molecule is O=C(Nc1c(F)cccc1F)c1cc(Nc2ccc(F)cc2)ccn1. The summed E-state index contributed by atoms with van der Waals surface area (Å²) in [4.78, 5) is 16.1. The molecule has 3 rings (SSSR count). The van der Waals surface area contributed by atoms with Crippen LogP contribution < -0.4 is 10.6 Å². The Hall–Kier alpha value is -3.35. The van der Waals surface area contributed by atoms with Crippen LogP contribution in [0.25, 0.3) is 0 Å². The summed E-state index contributed by atoms with van der Waals surface area (Å²) in [5, 5.41) is 5.14. The van der Waals surface area contributed by atoms with E-state index in [1.165, 1.54) is 42.6 Å². The number of pyridine rings is 1. The Bertz CT molecular complexity index is 893. The molecule has 3 aromatic rings. The van der Waals surface area contributed by atoms with Crippen molar-refractivity contribution in [3.8, 4) is 0 Å². The number of hydrogen-bond donors (Lipinski definition) is 2. The van der Waals surface area contributed by atoms with E-state index in [0.717, 1.165) is 12.1 Å². The van der Waals surface area contributed by atoms with Gasteiger partial charge in [0.25, 0.3) is 5.91 Å². The van der Waals surface area contributed by atoms with Gasteiger partial charge in [0.15, 0.2) is 0 Å². The van der Waals surface area contributed by atoms with Crippen molar-refractivity contribution in [2.75, 3.05) is 10.6 Å². The third-order valence-electron chi connectivity index (χ3n) is 3.33. The first-order valence-corrected chi connectivity index (χ1v) is 7.27. The molecule has 0 aliphatic heterocycles. The minimum absolute atomic E-state index is 0.0326. The highest BCUT2D eigenvalue weighted by molar-refractivity contribution is 6.03. The topological polar surface area (TPSA) is 54.0 Å². The molecule has 1 heterocycles. The molecule has 0 unspecified atom stereocenters. The fourth-order valence-electron chi connectivity index (χ4n) is 2.13. The van der Waals surface area contributed by atoms with Crippen LogP contribution in [-0.2, 0) is 0 Å². The number of anilines is 3. The molecule has 0 saturated heterocycles. The molecular formula is C18H12F3N3O. The van der Waals surface area contributed by atoms with E-state index in [1.54, 1.807) is 6.07 Å². The number of benzene rings is 2. The van der Waals surface area contributed by atoms with E-state index in [0.29, 0.717) is 11.4 Å². The number of carbonyl (C=O) groups is 1. The Labute approximate surface area is 141 Å². The van der Waals surface area contributed by atoms with Crippen LogP contribution in [0, 0.1) is 17.5 Å². The molecule has 0 aliphatic rings. The molecular weight excluding hydrogens is 331 g/mol. The zero-order valence-corrected chi connectivity index (χ0v) is 12.8. The molecule has 2 aromatic carbocycles. The molecule has 4 nitrogen and oxygen atoms in total. The number of aromatic nitrogens is 1. The molecule has 0 atom stereocenters. The Morgan fingerprint density at radius 1 is 0.880 bits per heavy atom. The van der Waals surface area contributed by atoms with Gasteiger partial charge in [-0.25, -0.2) is 13.2 Å². The van der Waals surface area contributed by atoms with Gasteiger partial charge in [-0.15, -0.1) is 0 Å². The summed E-state index contributed by atoms with van der Waals surface area (Å²) in [6.07, 6.45) is 1.37. The molecule has 7 heteroatoms. The van der Waals surface area contributed by atoms with Crippen LogP contribution in [0.1, 0.15) is 10.5 Å². The van der Waals surface area contributed by atoms with Crippen molar-refractivity contribution in [1.82, 2.24) is 4.98 Å². The van der Waals surface area contributed by atoms with Gasteiger partial charge < -0.3 is 10.6 Å². The highest BCUT2D eigenvalue weighted by Crippen LogP contribution is 2.20. The fraction of sp³-hybridized carbons (Fsp3) is 0. The molecule has 0 fully saturated rings. The quantitative estimate of drug-likeness (QED) is 0.734. The summed E-state index contributed by atoms with van der Waals surface area (Å²) in [5.41, 5.74) is 0.556. The summed E-state index contributed by atoms with van der Waals surface area (Å²) in [6.45, 7) is 0. The van der Waals surface area contributed by atoms with Crippen molar-refractivity contribution in [3.63, 3.8) is 0 Å². The molecule has 126 valence electrons. The molecule has 25 heavy (non-hydrogen) atoms. The van der Waals surface area contributed by atoms with E-state index in [1.807, 2.05) is 0 Å². The number of hydrogen-bond acceptors (Lipinski definition) is 3. The predicted octanol–water partition coefficient (Wildman–Crippen LogP) is 4.49. The van der Waals surface area contributed by atoms with Gasteiger partial charge in [-0.2, -0.15) is 0 Å². The number of rotatable bonds is 4. The van der Waals surface area contributed by atoms with E-state index in [4.69, 9.17) is 0 Å². The molecule has 0 spiro atoms. The standard InChI is InChI=1S/C18H12F3N3O/c19-11-4-6-12(7-5-11)23-13-8-9-22-16(10-13)18(25)24-17-14(20)2-1-3-15(17)21/h1-10H,(H,22,23)(H,24,25). The summed E-state index contributed by atoms with van der Waals surface area (Å²) < 4.78 is 40.1. The first-order valence-electron chi connectivity index (χ1n) is 7.27. The molecule has 2 N–H and O–H groups in total. The Kier molecular flexibility index (Phi) is 4.65. The number of halogens is 3. The lowest BCUT2D eigenvalue weighted by molar-refractivity contribution is 0.102. The van der Waals surface area contributed by atoms with Gasteiger partial charge in [-0.1, -0.05) is 6.07 Å². The lowest BCUT2D eigenvalue weighted by atomic mass is 10.2. The molecule has 1 aromatic heterocycles. The third-order valence-corrected chi connectivity index (χ3v) is 3.33. The van der Waals surface area contributed by atoms with Gasteiger partial charge in [-0.3, -0.25) is 9.78 Å². The zero-order valence-electron chi connectivity index (χ0n) is 12.8. The van der Waals surface area contributed by atoms with Crippen LogP contribution in [0.5, 0.6) is 0 Å². The number of nitrogens with zero attached hydrogens (tertiary/aromatic N) is 1. The van der Waals surface area contributed by atoms with E-state index in [2.05, 4.69) is 15.6 Å². The maximum atomic E-state index is 13.6. The second-order valence-corrected chi connectivity index (χ2v) is 5.11. The second-order valence-electron chi connectivity index (χ2n) is 5.11. The Balaban J connectivity index is 1.78. The van der Waals surface area contributed by atoms with Gasteiger partial charge in [0, 0.05) is 17.6 Å². The van der Waals surface area contributed by atoms with Crippen molar-refractivity contribution < 1.29 is 18.0 Å². The average Bonchev–Trinajstić information content (AvgIpc) is 2.60. The van der Waals surface area contributed by atoms with Crippen LogP contribution in [0.4, 0.5) is 30.2 Å². The number of nitrogens with one attached hydrogen (secondary N) is 2. The van der Waals surface area contributed by atoms with Gasteiger partial charge in [-0.05, 0) is 48.5 Å². The van der Waals surface area contributed by atoms with Crippen LogP contribution in [-0.4, -0.2) is 10.9 Å². The van der Waals surface area contributed by atoms with E-state index >= 15 is 0 Å². The minimum Gasteiger partial charge on any atom is -0.355 e. The van der Waals surface area contributed by atoms with Crippen molar-refractivity contribution in [1.29, 1.82) is 0 Å². The minimum atomic E-state index is -0.881. The summed E-state index contributed by atoms with van der Waals surface area (Å²) in [5.74, 6) is -2.89. The van der Waals surface area contributed by atoms with Crippen molar-refractivity contribution in [3.05, 3.63) is 83.9 Å². The molecule has 0 bridgehead atoms. The highest BCUT2D eigenvalue weighted by Gasteiger charge is 2.14. The number of para-hydroxylation sites is 1. The van der Waals surface area contributed by atoms with Crippen molar-refractivity contribution in [2.24, 2.45) is 0 Å². The fourth-order valence-corrected chi connectivity index (χ4v) is 2.13. The van der Waals surface area contributed by atoms with Crippen LogP contribution in [0.15, 0.2) is 60.8 Å². The monoisotopic (exact) mass is 343 g/mol. The van der Waals surface area contributed by atoms with Gasteiger partial charge in [0.2, 0.25) is 0 Å². The number of amides is 1. The van der Waals surface area contributed by atoms with Crippen LogP contribution in [0.3, 0.4) is 0 Å². The molecule has 0 saturated carbocycles. The zero-order chi connectivity index (χ0) is 17.8. The lowest BCUT2D eigenvalue weighted by Crippen LogP contribution is -2.16. The Morgan fingerprint density at radius 3 is 2.24 bits per heavy atom. The molecule has 1 amide bonds. The lowest BCUT2D eigenvalue weighted by Gasteiger charge is -2.09. The van der Waals surface area contributed by atoms with E-state index < -0.39 is 23.2 Å². The van der Waals surface area contributed by atoms with Gasteiger partial charge in [0.1, 0.15) is 28.8 Å². The summed E-state index contributed by atoms with van der Waals surface area (Å²) in [7, 11) is 0. The highest BCUT2D eigenvalue weighted by atomic mass is 19.1. The summed E-state index contributed by atoms with van der Waals surface area (Å²) in [6, 6.07) is 11.9. The van der Waals surface area contributed by atoms with Crippen molar-refractivity contribution in [2.45, 2.75) is 0 Å².